The molecule has 0 saturated heterocycles. The smallest absolute Gasteiger partial charge is 0.243 e. The van der Waals surface area contributed by atoms with E-state index >= 15 is 0 Å². The number of carbonyl (C=O) groups is 2. The maximum atomic E-state index is 13.6. The molecule has 0 spiro atoms. The van der Waals surface area contributed by atoms with Crippen molar-refractivity contribution in [1.82, 2.24) is 10.2 Å². The average molecular weight is 463 g/mol. The number of hydrogen-bond acceptors (Lipinski definition) is 2. The maximum absolute atomic E-state index is 13.6. The quantitative estimate of drug-likeness (QED) is 0.444. The molecule has 3 aromatic carbocycles. The normalized spacial score (nSPS) is 11.8. The molecule has 0 aliphatic rings. The van der Waals surface area contributed by atoms with Gasteiger partial charge in [0.1, 0.15) is 6.04 Å². The number of benzene rings is 3. The van der Waals surface area contributed by atoms with Crippen molar-refractivity contribution in [2.75, 3.05) is 6.54 Å². The van der Waals surface area contributed by atoms with Gasteiger partial charge in [-0.2, -0.15) is 0 Å². The molecule has 0 bridgehead atoms. The van der Waals surface area contributed by atoms with Crippen molar-refractivity contribution in [2.45, 2.75) is 39.3 Å². The Balaban J connectivity index is 1.93. The van der Waals surface area contributed by atoms with Crippen molar-refractivity contribution in [3.8, 4) is 0 Å². The predicted octanol–water partition coefficient (Wildman–Crippen LogP) is 5.29. The fraction of sp³-hybridized carbons (Fsp3) is 0.286. The standard InChI is InChI=1S/C28H31ClN2O2/c1-21(2)19-30-28(33)26(17-22-9-5-3-6-10-22)31(20-24-13-15-25(29)16-14-24)27(32)18-23-11-7-4-8-12-23/h3-16,21,26H,17-20H2,1-2H3,(H,30,33)/t26-/m1/s1. The van der Waals surface area contributed by atoms with Crippen molar-refractivity contribution >= 4 is 23.4 Å². The molecular formula is C28H31ClN2O2. The van der Waals surface area contributed by atoms with Gasteiger partial charge < -0.3 is 10.2 Å². The Labute approximate surface area is 201 Å². The van der Waals surface area contributed by atoms with Crippen LogP contribution in [-0.2, 0) is 29.0 Å². The van der Waals surface area contributed by atoms with Gasteiger partial charge in [-0.1, -0.05) is 98.2 Å². The highest BCUT2D eigenvalue weighted by molar-refractivity contribution is 6.30. The molecule has 0 aliphatic heterocycles. The zero-order valence-corrected chi connectivity index (χ0v) is 20.0. The second-order valence-electron chi connectivity index (χ2n) is 8.66. The summed E-state index contributed by atoms with van der Waals surface area (Å²) in [7, 11) is 0. The lowest BCUT2D eigenvalue weighted by Crippen LogP contribution is -2.51. The minimum absolute atomic E-state index is 0.0863. The second kappa shape index (κ2) is 12.2. The summed E-state index contributed by atoms with van der Waals surface area (Å²) in [6.45, 7) is 5.00. The summed E-state index contributed by atoms with van der Waals surface area (Å²) in [5.74, 6) is 0.0933. The van der Waals surface area contributed by atoms with E-state index < -0.39 is 6.04 Å². The fourth-order valence-electron chi connectivity index (χ4n) is 3.64. The fourth-order valence-corrected chi connectivity index (χ4v) is 3.76. The summed E-state index contributed by atoms with van der Waals surface area (Å²) >= 11 is 6.06. The molecule has 5 heteroatoms. The third-order valence-electron chi connectivity index (χ3n) is 5.42. The van der Waals surface area contributed by atoms with Gasteiger partial charge in [0.15, 0.2) is 0 Å². The molecular weight excluding hydrogens is 432 g/mol. The largest absolute Gasteiger partial charge is 0.354 e. The minimum atomic E-state index is -0.627. The molecule has 172 valence electrons. The van der Waals surface area contributed by atoms with Crippen molar-refractivity contribution < 1.29 is 9.59 Å². The first-order valence-corrected chi connectivity index (χ1v) is 11.7. The molecule has 33 heavy (non-hydrogen) atoms. The highest BCUT2D eigenvalue weighted by Gasteiger charge is 2.30. The number of nitrogens with zero attached hydrogens (tertiary/aromatic N) is 1. The van der Waals surface area contributed by atoms with E-state index in [0.29, 0.717) is 30.5 Å². The number of carbonyl (C=O) groups excluding carboxylic acids is 2. The van der Waals surface area contributed by atoms with E-state index in [1.54, 1.807) is 4.90 Å². The first-order valence-electron chi connectivity index (χ1n) is 11.3. The lowest BCUT2D eigenvalue weighted by atomic mass is 10.0. The van der Waals surface area contributed by atoms with Crippen LogP contribution >= 0.6 is 11.6 Å². The third kappa shape index (κ3) is 7.76. The molecule has 0 aliphatic carbocycles. The number of nitrogens with one attached hydrogen (secondary N) is 1. The van der Waals surface area contributed by atoms with Gasteiger partial charge in [-0.15, -0.1) is 0 Å². The monoisotopic (exact) mass is 462 g/mol. The Morgan fingerprint density at radius 2 is 1.39 bits per heavy atom. The summed E-state index contributed by atoms with van der Waals surface area (Å²) < 4.78 is 0. The first-order chi connectivity index (χ1) is 15.9. The van der Waals surface area contributed by atoms with E-state index in [0.717, 1.165) is 16.7 Å². The van der Waals surface area contributed by atoms with Gasteiger partial charge in [-0.05, 0) is 34.7 Å². The molecule has 0 heterocycles. The Morgan fingerprint density at radius 1 is 0.818 bits per heavy atom. The van der Waals surface area contributed by atoms with Crippen LogP contribution in [0.25, 0.3) is 0 Å². The van der Waals surface area contributed by atoms with Crippen LogP contribution in [0.5, 0.6) is 0 Å². The topological polar surface area (TPSA) is 49.4 Å². The van der Waals surface area contributed by atoms with Gasteiger partial charge in [-0.3, -0.25) is 9.59 Å². The molecule has 3 aromatic rings. The lowest BCUT2D eigenvalue weighted by Gasteiger charge is -2.32. The highest BCUT2D eigenvalue weighted by atomic mass is 35.5. The van der Waals surface area contributed by atoms with E-state index in [2.05, 4.69) is 19.2 Å². The molecule has 0 fully saturated rings. The number of rotatable bonds is 10. The maximum Gasteiger partial charge on any atom is 0.243 e. The Kier molecular flexibility index (Phi) is 9.08. The summed E-state index contributed by atoms with van der Waals surface area (Å²) in [5.41, 5.74) is 2.86. The van der Waals surface area contributed by atoms with Gasteiger partial charge in [-0.25, -0.2) is 0 Å². The van der Waals surface area contributed by atoms with E-state index in [-0.39, 0.29) is 18.2 Å². The first kappa shape index (κ1) is 24.5. The van der Waals surface area contributed by atoms with E-state index in [9.17, 15) is 9.59 Å². The third-order valence-corrected chi connectivity index (χ3v) is 5.67. The second-order valence-corrected chi connectivity index (χ2v) is 9.09. The van der Waals surface area contributed by atoms with Gasteiger partial charge in [0.25, 0.3) is 0 Å². The van der Waals surface area contributed by atoms with Crippen LogP contribution in [0.3, 0.4) is 0 Å². The molecule has 0 aromatic heterocycles. The van der Waals surface area contributed by atoms with Crippen LogP contribution in [-0.4, -0.2) is 29.3 Å². The molecule has 0 radical (unpaired) electrons. The molecule has 4 nitrogen and oxygen atoms in total. The SMILES string of the molecule is CC(C)CNC(=O)[C@@H](Cc1ccccc1)N(Cc1ccc(Cl)cc1)C(=O)Cc1ccccc1. The van der Waals surface area contributed by atoms with Crippen molar-refractivity contribution in [2.24, 2.45) is 5.92 Å². The predicted molar refractivity (Wildman–Crippen MR) is 134 cm³/mol. The highest BCUT2D eigenvalue weighted by Crippen LogP contribution is 2.18. The minimum Gasteiger partial charge on any atom is -0.354 e. The van der Waals surface area contributed by atoms with E-state index in [1.807, 2.05) is 84.9 Å². The molecule has 1 atom stereocenters. The van der Waals surface area contributed by atoms with Crippen molar-refractivity contribution in [3.63, 3.8) is 0 Å². The molecule has 0 unspecified atom stereocenters. The van der Waals surface area contributed by atoms with E-state index in [4.69, 9.17) is 11.6 Å². The zero-order valence-electron chi connectivity index (χ0n) is 19.2. The Morgan fingerprint density at radius 3 is 1.97 bits per heavy atom. The average Bonchev–Trinajstić information content (AvgIpc) is 2.82. The summed E-state index contributed by atoms with van der Waals surface area (Å²) in [6, 6.07) is 26.3. The van der Waals surface area contributed by atoms with Crippen LogP contribution in [0.4, 0.5) is 0 Å². The summed E-state index contributed by atoms with van der Waals surface area (Å²) in [5, 5.41) is 3.68. The van der Waals surface area contributed by atoms with Gasteiger partial charge >= 0.3 is 0 Å². The van der Waals surface area contributed by atoms with Crippen LogP contribution in [0, 0.1) is 5.92 Å². The van der Waals surface area contributed by atoms with Crippen LogP contribution in [0.1, 0.15) is 30.5 Å². The Bertz CT molecular complexity index is 1020. The molecule has 0 saturated carbocycles. The number of hydrogen-bond donors (Lipinski definition) is 1. The van der Waals surface area contributed by atoms with Crippen LogP contribution in [0.15, 0.2) is 84.9 Å². The van der Waals surface area contributed by atoms with Crippen molar-refractivity contribution in [3.05, 3.63) is 107 Å². The lowest BCUT2D eigenvalue weighted by molar-refractivity contribution is -0.140. The molecule has 1 N–H and O–H groups in total. The molecule has 3 rings (SSSR count). The van der Waals surface area contributed by atoms with Crippen LogP contribution < -0.4 is 5.32 Å². The van der Waals surface area contributed by atoms with Gasteiger partial charge in [0.2, 0.25) is 11.8 Å². The van der Waals surface area contributed by atoms with Gasteiger partial charge in [0, 0.05) is 24.5 Å². The van der Waals surface area contributed by atoms with E-state index in [1.165, 1.54) is 0 Å². The molecule has 2 amide bonds. The van der Waals surface area contributed by atoms with Crippen molar-refractivity contribution in [1.29, 1.82) is 0 Å². The summed E-state index contributed by atoms with van der Waals surface area (Å²) in [6.07, 6.45) is 0.677. The number of amides is 2. The summed E-state index contributed by atoms with van der Waals surface area (Å²) in [4.78, 5) is 28.7. The number of halogens is 1. The van der Waals surface area contributed by atoms with Crippen LogP contribution in [0.2, 0.25) is 5.02 Å². The Hall–Kier alpha value is -3.11. The van der Waals surface area contributed by atoms with Gasteiger partial charge in [0.05, 0.1) is 6.42 Å². The zero-order chi connectivity index (χ0) is 23.6.